The fourth-order valence-electron chi connectivity index (χ4n) is 5.08. The van der Waals surface area contributed by atoms with Crippen molar-refractivity contribution in [3.63, 3.8) is 0 Å². The molecule has 2 heterocycles. The second-order valence-corrected chi connectivity index (χ2v) is 10.4. The van der Waals surface area contributed by atoms with Gasteiger partial charge in [-0.25, -0.2) is 4.39 Å². The molecule has 37 heavy (non-hydrogen) atoms. The van der Waals surface area contributed by atoms with E-state index < -0.39 is 0 Å². The molecule has 0 atom stereocenters. The number of hydrogen-bond donors (Lipinski definition) is 2. The second-order valence-electron chi connectivity index (χ2n) is 10.4. The van der Waals surface area contributed by atoms with E-state index in [0.29, 0.717) is 23.2 Å². The summed E-state index contributed by atoms with van der Waals surface area (Å²) in [5.41, 5.74) is 6.75. The number of pyridine rings is 1. The molecule has 0 saturated heterocycles. The summed E-state index contributed by atoms with van der Waals surface area (Å²) >= 11 is 0. The Balaban J connectivity index is 1.82. The molecule has 0 saturated carbocycles. The van der Waals surface area contributed by atoms with Crippen LogP contribution in [0.3, 0.4) is 0 Å². The summed E-state index contributed by atoms with van der Waals surface area (Å²) in [7, 11) is 3.81. The Morgan fingerprint density at radius 3 is 2.43 bits per heavy atom. The van der Waals surface area contributed by atoms with Crippen LogP contribution in [-0.4, -0.2) is 34.5 Å². The number of hydrogen-bond acceptors (Lipinski definition) is 3. The first-order valence-electron chi connectivity index (χ1n) is 12.5. The molecule has 0 bridgehead atoms. The Kier molecular flexibility index (Phi) is 7.37. The fourth-order valence-corrected chi connectivity index (χ4v) is 5.08. The van der Waals surface area contributed by atoms with Gasteiger partial charge >= 0.3 is 0 Å². The summed E-state index contributed by atoms with van der Waals surface area (Å²) < 4.78 is 16.7. The smallest absolute Gasteiger partial charge is 0.253 e. The van der Waals surface area contributed by atoms with E-state index >= 15 is 0 Å². The SMILES string of the molecule is Cc1cc(C)c(CNC(=O)c2cc(-c3ccc(F)c(CN(C)C)c3)cc3c2cc(C)n3C(C)C)c(=O)[nH]1. The number of nitrogens with one attached hydrogen (secondary N) is 2. The molecule has 0 spiro atoms. The van der Waals surface area contributed by atoms with Gasteiger partial charge in [0.05, 0.1) is 0 Å². The Morgan fingerprint density at radius 2 is 1.78 bits per heavy atom. The van der Waals surface area contributed by atoms with E-state index in [-0.39, 0.29) is 29.9 Å². The van der Waals surface area contributed by atoms with Crippen molar-refractivity contribution in [1.29, 1.82) is 0 Å². The highest BCUT2D eigenvalue weighted by Gasteiger charge is 2.19. The molecule has 0 radical (unpaired) electrons. The molecule has 194 valence electrons. The van der Waals surface area contributed by atoms with Gasteiger partial charge in [-0.2, -0.15) is 0 Å². The average molecular weight is 503 g/mol. The lowest BCUT2D eigenvalue weighted by Gasteiger charge is -2.16. The molecule has 4 rings (SSSR count). The molecular formula is C30H35FN4O2. The summed E-state index contributed by atoms with van der Waals surface area (Å²) in [5, 5.41) is 3.80. The van der Waals surface area contributed by atoms with Gasteiger partial charge in [-0.1, -0.05) is 6.07 Å². The third-order valence-corrected chi connectivity index (χ3v) is 6.70. The number of aryl methyl sites for hydroxylation is 3. The third kappa shape index (κ3) is 5.37. The number of fused-ring (bicyclic) bond motifs is 1. The summed E-state index contributed by atoms with van der Waals surface area (Å²) in [4.78, 5) is 30.8. The van der Waals surface area contributed by atoms with Crippen LogP contribution in [0.4, 0.5) is 4.39 Å². The van der Waals surface area contributed by atoms with E-state index in [4.69, 9.17) is 0 Å². The van der Waals surface area contributed by atoms with Gasteiger partial charge < -0.3 is 19.8 Å². The van der Waals surface area contributed by atoms with Gasteiger partial charge in [0.1, 0.15) is 5.82 Å². The van der Waals surface area contributed by atoms with Crippen LogP contribution in [0.15, 0.2) is 47.3 Å². The highest BCUT2D eigenvalue weighted by Crippen LogP contribution is 2.33. The van der Waals surface area contributed by atoms with E-state index in [1.807, 2.05) is 64.0 Å². The second kappa shape index (κ2) is 10.3. The van der Waals surface area contributed by atoms with Crippen LogP contribution in [0.2, 0.25) is 0 Å². The van der Waals surface area contributed by atoms with Crippen molar-refractivity contribution in [2.75, 3.05) is 14.1 Å². The molecule has 0 aliphatic rings. The van der Waals surface area contributed by atoms with Crippen LogP contribution >= 0.6 is 0 Å². The highest BCUT2D eigenvalue weighted by atomic mass is 19.1. The lowest BCUT2D eigenvalue weighted by atomic mass is 9.97. The van der Waals surface area contributed by atoms with Crippen molar-refractivity contribution in [3.05, 3.63) is 92.3 Å². The first kappa shape index (κ1) is 26.4. The number of halogens is 1. The van der Waals surface area contributed by atoms with Gasteiger partial charge in [0.25, 0.3) is 11.5 Å². The number of amides is 1. The van der Waals surface area contributed by atoms with E-state index in [0.717, 1.165) is 39.0 Å². The molecule has 7 heteroatoms. The number of rotatable bonds is 7. The first-order chi connectivity index (χ1) is 17.5. The number of carbonyl (C=O) groups is 1. The first-order valence-corrected chi connectivity index (χ1v) is 12.5. The maximum Gasteiger partial charge on any atom is 0.253 e. The predicted octanol–water partition coefficient (Wildman–Crippen LogP) is 5.63. The molecule has 0 fully saturated rings. The van der Waals surface area contributed by atoms with E-state index in [1.54, 1.807) is 6.07 Å². The van der Waals surface area contributed by atoms with Gasteiger partial charge in [0.15, 0.2) is 0 Å². The minimum atomic E-state index is -0.261. The molecule has 2 aromatic carbocycles. The van der Waals surface area contributed by atoms with E-state index in [1.165, 1.54) is 6.07 Å². The number of H-pyrrole nitrogens is 1. The van der Waals surface area contributed by atoms with E-state index in [9.17, 15) is 14.0 Å². The van der Waals surface area contributed by atoms with Crippen LogP contribution in [0, 0.1) is 26.6 Å². The number of aromatic amines is 1. The Labute approximate surface area is 217 Å². The maximum atomic E-state index is 14.5. The molecule has 0 aliphatic heterocycles. The zero-order valence-electron chi connectivity index (χ0n) is 22.6. The molecule has 0 aliphatic carbocycles. The third-order valence-electron chi connectivity index (χ3n) is 6.70. The van der Waals surface area contributed by atoms with Gasteiger partial charge in [-0.05, 0) is 102 Å². The molecular weight excluding hydrogens is 467 g/mol. The zero-order chi connectivity index (χ0) is 27.0. The normalized spacial score (nSPS) is 11.6. The number of carbonyl (C=O) groups excluding carboxylic acids is 1. The Hall–Kier alpha value is -3.71. The van der Waals surface area contributed by atoms with Crippen molar-refractivity contribution < 1.29 is 9.18 Å². The van der Waals surface area contributed by atoms with Crippen LogP contribution in [0.1, 0.15) is 58.3 Å². The number of benzene rings is 2. The van der Waals surface area contributed by atoms with Crippen molar-refractivity contribution in [2.24, 2.45) is 0 Å². The van der Waals surface area contributed by atoms with Crippen LogP contribution in [0.25, 0.3) is 22.0 Å². The Bertz CT molecular complexity index is 1550. The average Bonchev–Trinajstić information content (AvgIpc) is 3.14. The summed E-state index contributed by atoms with van der Waals surface area (Å²) in [6.07, 6.45) is 0. The van der Waals surface area contributed by atoms with Crippen molar-refractivity contribution in [1.82, 2.24) is 19.8 Å². The van der Waals surface area contributed by atoms with Crippen LogP contribution < -0.4 is 10.9 Å². The summed E-state index contributed by atoms with van der Waals surface area (Å²) in [6, 6.07) is 13.1. The van der Waals surface area contributed by atoms with Crippen LogP contribution in [-0.2, 0) is 13.1 Å². The standard InChI is InChI=1S/C30H35FN4O2/c1-17(2)35-20(5)11-24-25(29(36)32-15-26-18(3)10-19(4)33-30(26)37)13-22(14-28(24)35)21-8-9-27(31)23(12-21)16-34(6)7/h8-14,17H,15-16H2,1-7H3,(H,32,36)(H,33,37). The minimum absolute atomic E-state index is 0.124. The van der Waals surface area contributed by atoms with Gasteiger partial charge in [0, 0.05) is 58.1 Å². The molecule has 0 unspecified atom stereocenters. The fraction of sp³-hybridized carbons (Fsp3) is 0.333. The van der Waals surface area contributed by atoms with Crippen LogP contribution in [0.5, 0.6) is 0 Å². The highest BCUT2D eigenvalue weighted by molar-refractivity contribution is 6.08. The maximum absolute atomic E-state index is 14.5. The quantitative estimate of drug-likeness (QED) is 0.344. The topological polar surface area (TPSA) is 70.1 Å². The van der Waals surface area contributed by atoms with E-state index in [2.05, 4.69) is 34.8 Å². The van der Waals surface area contributed by atoms with Gasteiger partial charge in [0.2, 0.25) is 0 Å². The van der Waals surface area contributed by atoms with Crippen molar-refractivity contribution in [2.45, 2.75) is 53.8 Å². The summed E-state index contributed by atoms with van der Waals surface area (Å²) in [6.45, 7) is 10.6. The van der Waals surface area contributed by atoms with Gasteiger partial charge in [-0.15, -0.1) is 0 Å². The Morgan fingerprint density at radius 1 is 1.05 bits per heavy atom. The van der Waals surface area contributed by atoms with Crippen molar-refractivity contribution >= 4 is 16.8 Å². The molecule has 4 aromatic rings. The predicted molar refractivity (Wildman–Crippen MR) is 148 cm³/mol. The number of nitrogens with zero attached hydrogens (tertiary/aromatic N) is 2. The number of aromatic nitrogens is 2. The van der Waals surface area contributed by atoms with Gasteiger partial charge in [-0.3, -0.25) is 9.59 Å². The minimum Gasteiger partial charge on any atom is -0.348 e. The molecule has 2 N–H and O–H groups in total. The molecule has 1 amide bonds. The molecule has 2 aromatic heterocycles. The molecule has 6 nitrogen and oxygen atoms in total. The lowest BCUT2D eigenvalue weighted by molar-refractivity contribution is 0.0952. The lowest BCUT2D eigenvalue weighted by Crippen LogP contribution is -2.28. The monoisotopic (exact) mass is 502 g/mol. The largest absolute Gasteiger partial charge is 0.348 e. The zero-order valence-corrected chi connectivity index (χ0v) is 22.6. The van der Waals surface area contributed by atoms with Crippen molar-refractivity contribution in [3.8, 4) is 11.1 Å². The summed E-state index contributed by atoms with van der Waals surface area (Å²) in [5.74, 6) is -0.514.